The summed E-state index contributed by atoms with van der Waals surface area (Å²) in [6, 6.07) is 19.5. The van der Waals surface area contributed by atoms with Crippen molar-refractivity contribution in [2.45, 2.75) is 13.0 Å². The van der Waals surface area contributed by atoms with Gasteiger partial charge in [-0.25, -0.2) is 4.79 Å². The molecule has 0 fully saturated rings. The van der Waals surface area contributed by atoms with Gasteiger partial charge in [0.25, 0.3) is 5.91 Å². The molecular weight excluding hydrogens is 356 g/mol. The van der Waals surface area contributed by atoms with Crippen LogP contribution in [0, 0.1) is 11.3 Å². The number of esters is 1. The number of ether oxygens (including phenoxy) is 2. The van der Waals surface area contributed by atoms with Crippen LogP contribution >= 0.6 is 0 Å². The number of amides is 1. The van der Waals surface area contributed by atoms with E-state index in [0.29, 0.717) is 17.0 Å². The summed E-state index contributed by atoms with van der Waals surface area (Å²) in [5.74, 6) is -0.780. The number of nitrogens with one attached hydrogen (secondary N) is 1. The van der Waals surface area contributed by atoms with E-state index in [1.807, 2.05) is 30.3 Å². The Bertz CT molecular complexity index is 1090. The van der Waals surface area contributed by atoms with E-state index in [9.17, 15) is 9.59 Å². The first kappa shape index (κ1) is 18.9. The van der Waals surface area contributed by atoms with Crippen molar-refractivity contribution in [3.8, 4) is 11.8 Å². The molecule has 0 bridgehead atoms. The molecule has 1 N–H and O–H groups in total. The number of hydrogen-bond acceptors (Lipinski definition) is 5. The Morgan fingerprint density at radius 1 is 1.04 bits per heavy atom. The van der Waals surface area contributed by atoms with E-state index in [-0.39, 0.29) is 5.56 Å². The van der Waals surface area contributed by atoms with Gasteiger partial charge in [-0.05, 0) is 48.0 Å². The van der Waals surface area contributed by atoms with Gasteiger partial charge < -0.3 is 14.8 Å². The van der Waals surface area contributed by atoms with Gasteiger partial charge in [0.05, 0.1) is 18.7 Å². The van der Waals surface area contributed by atoms with Crippen molar-refractivity contribution >= 4 is 28.3 Å². The molecule has 3 rings (SSSR count). The number of hydrogen-bond donors (Lipinski definition) is 1. The van der Waals surface area contributed by atoms with Crippen LogP contribution in [0.3, 0.4) is 0 Å². The molecule has 28 heavy (non-hydrogen) atoms. The van der Waals surface area contributed by atoms with E-state index in [4.69, 9.17) is 14.7 Å². The number of carbonyl (C=O) groups excluding carboxylic acids is 2. The normalized spacial score (nSPS) is 11.3. The maximum atomic E-state index is 12.6. The number of nitrogens with zero attached hydrogens (tertiary/aromatic N) is 1. The first-order chi connectivity index (χ1) is 13.5. The predicted octanol–water partition coefficient (Wildman–Crippen LogP) is 3.90. The molecule has 0 aliphatic rings. The molecule has 0 spiro atoms. The van der Waals surface area contributed by atoms with E-state index in [1.54, 1.807) is 36.4 Å². The molecule has 0 saturated carbocycles. The molecule has 0 aliphatic heterocycles. The third kappa shape index (κ3) is 4.10. The van der Waals surface area contributed by atoms with Crippen LogP contribution in [0.1, 0.15) is 22.8 Å². The van der Waals surface area contributed by atoms with Crippen LogP contribution in [0.25, 0.3) is 10.8 Å². The standard InChI is InChI=1S/C22H18N2O4/c1-14(21(25)24-18-9-5-6-15(10-18)13-23)28-22(26)19-11-16-7-3-4-8-17(16)12-20(19)27-2/h3-12,14H,1-2H3,(H,24,25)/t14-/m0/s1. The Balaban J connectivity index is 1.75. The molecule has 0 aromatic heterocycles. The molecule has 3 aromatic rings. The highest BCUT2D eigenvalue weighted by atomic mass is 16.5. The number of nitriles is 1. The van der Waals surface area contributed by atoms with Gasteiger partial charge in [-0.1, -0.05) is 30.3 Å². The maximum Gasteiger partial charge on any atom is 0.342 e. The first-order valence-corrected chi connectivity index (χ1v) is 8.60. The summed E-state index contributed by atoms with van der Waals surface area (Å²) in [7, 11) is 1.47. The second-order valence-corrected chi connectivity index (χ2v) is 6.13. The van der Waals surface area contributed by atoms with Crippen LogP contribution in [0.2, 0.25) is 0 Å². The average molecular weight is 374 g/mol. The second kappa shape index (κ2) is 8.23. The van der Waals surface area contributed by atoms with Crippen LogP contribution in [0.15, 0.2) is 60.7 Å². The molecule has 0 saturated heterocycles. The van der Waals surface area contributed by atoms with Crippen molar-refractivity contribution in [3.63, 3.8) is 0 Å². The lowest BCUT2D eigenvalue weighted by Crippen LogP contribution is -2.30. The van der Waals surface area contributed by atoms with E-state index < -0.39 is 18.0 Å². The van der Waals surface area contributed by atoms with Crippen LogP contribution < -0.4 is 10.1 Å². The minimum atomic E-state index is -1.03. The third-order valence-electron chi connectivity index (χ3n) is 4.20. The van der Waals surface area contributed by atoms with Crippen molar-refractivity contribution in [3.05, 3.63) is 71.8 Å². The quantitative estimate of drug-likeness (QED) is 0.684. The first-order valence-electron chi connectivity index (χ1n) is 8.60. The molecule has 1 atom stereocenters. The maximum absolute atomic E-state index is 12.6. The Hall–Kier alpha value is -3.85. The van der Waals surface area contributed by atoms with Crippen LogP contribution in [0.4, 0.5) is 5.69 Å². The zero-order chi connectivity index (χ0) is 20.1. The molecule has 0 unspecified atom stereocenters. The van der Waals surface area contributed by atoms with Gasteiger partial charge in [0.2, 0.25) is 0 Å². The van der Waals surface area contributed by atoms with E-state index >= 15 is 0 Å². The Labute approximate surface area is 162 Å². The van der Waals surface area contributed by atoms with Gasteiger partial charge >= 0.3 is 5.97 Å². The van der Waals surface area contributed by atoms with Crippen LogP contribution in [-0.2, 0) is 9.53 Å². The van der Waals surface area contributed by atoms with Gasteiger partial charge in [-0.2, -0.15) is 5.26 Å². The lowest BCUT2D eigenvalue weighted by molar-refractivity contribution is -0.123. The fraction of sp³-hybridized carbons (Fsp3) is 0.136. The lowest BCUT2D eigenvalue weighted by atomic mass is 10.1. The lowest BCUT2D eigenvalue weighted by Gasteiger charge is -2.15. The Morgan fingerprint density at radius 3 is 2.43 bits per heavy atom. The molecule has 6 heteroatoms. The third-order valence-corrected chi connectivity index (χ3v) is 4.20. The van der Waals surface area contributed by atoms with E-state index in [2.05, 4.69) is 5.32 Å². The minimum Gasteiger partial charge on any atom is -0.496 e. The van der Waals surface area contributed by atoms with Gasteiger partial charge in [-0.3, -0.25) is 4.79 Å². The topological polar surface area (TPSA) is 88.4 Å². The summed E-state index contributed by atoms with van der Waals surface area (Å²) in [5.41, 5.74) is 1.12. The van der Waals surface area contributed by atoms with E-state index in [0.717, 1.165) is 10.8 Å². The zero-order valence-electron chi connectivity index (χ0n) is 15.4. The van der Waals surface area contributed by atoms with Crippen LogP contribution in [0.5, 0.6) is 5.75 Å². The van der Waals surface area contributed by atoms with Gasteiger partial charge in [0, 0.05) is 5.69 Å². The highest BCUT2D eigenvalue weighted by Gasteiger charge is 2.22. The molecule has 6 nitrogen and oxygen atoms in total. The van der Waals surface area contributed by atoms with Crippen molar-refractivity contribution in [2.24, 2.45) is 0 Å². The number of methoxy groups -OCH3 is 1. The van der Waals surface area contributed by atoms with Crippen molar-refractivity contribution in [1.29, 1.82) is 5.26 Å². The monoisotopic (exact) mass is 374 g/mol. The fourth-order valence-electron chi connectivity index (χ4n) is 2.74. The second-order valence-electron chi connectivity index (χ2n) is 6.13. The van der Waals surface area contributed by atoms with Crippen molar-refractivity contribution < 1.29 is 19.1 Å². The summed E-state index contributed by atoms with van der Waals surface area (Å²) < 4.78 is 10.6. The van der Waals surface area contributed by atoms with Crippen LogP contribution in [-0.4, -0.2) is 25.1 Å². The molecule has 0 radical (unpaired) electrons. The highest BCUT2D eigenvalue weighted by molar-refractivity contribution is 6.01. The fourth-order valence-corrected chi connectivity index (χ4v) is 2.74. The van der Waals surface area contributed by atoms with Gasteiger partial charge in [0.1, 0.15) is 11.3 Å². The van der Waals surface area contributed by atoms with E-state index in [1.165, 1.54) is 14.0 Å². The highest BCUT2D eigenvalue weighted by Crippen LogP contribution is 2.27. The summed E-state index contributed by atoms with van der Waals surface area (Å²) in [4.78, 5) is 25.0. The van der Waals surface area contributed by atoms with Crippen molar-refractivity contribution in [2.75, 3.05) is 12.4 Å². The summed E-state index contributed by atoms with van der Waals surface area (Å²) in [5, 5.41) is 13.4. The van der Waals surface area contributed by atoms with Crippen molar-refractivity contribution in [1.82, 2.24) is 0 Å². The number of anilines is 1. The molecular formula is C22H18N2O4. The summed E-state index contributed by atoms with van der Waals surface area (Å²) >= 11 is 0. The summed E-state index contributed by atoms with van der Waals surface area (Å²) in [6.07, 6.45) is -1.03. The number of benzene rings is 3. The van der Waals surface area contributed by atoms with Gasteiger partial charge in [-0.15, -0.1) is 0 Å². The predicted molar refractivity (Wildman–Crippen MR) is 105 cm³/mol. The Morgan fingerprint density at radius 2 is 1.75 bits per heavy atom. The summed E-state index contributed by atoms with van der Waals surface area (Å²) in [6.45, 7) is 1.48. The van der Waals surface area contributed by atoms with Gasteiger partial charge in [0.15, 0.2) is 6.10 Å². The minimum absolute atomic E-state index is 0.243. The molecule has 0 heterocycles. The average Bonchev–Trinajstić information content (AvgIpc) is 2.72. The molecule has 0 aliphatic carbocycles. The SMILES string of the molecule is COc1cc2ccccc2cc1C(=O)O[C@@H](C)C(=O)Nc1cccc(C#N)c1. The molecule has 1 amide bonds. The zero-order valence-corrected chi connectivity index (χ0v) is 15.4. The number of carbonyl (C=O) groups is 2. The Kier molecular flexibility index (Phi) is 5.56. The molecule has 140 valence electrons. The molecule has 3 aromatic carbocycles. The number of fused-ring (bicyclic) bond motifs is 1. The largest absolute Gasteiger partial charge is 0.496 e. The number of rotatable bonds is 5. The smallest absolute Gasteiger partial charge is 0.342 e.